The number of nitrogens with zero attached hydrogens (tertiary/aromatic N) is 2. The van der Waals surface area contributed by atoms with Crippen LogP contribution in [0.2, 0.25) is 5.15 Å². The van der Waals surface area contributed by atoms with Gasteiger partial charge >= 0.3 is 6.18 Å². The van der Waals surface area contributed by atoms with Gasteiger partial charge in [-0.3, -0.25) is 4.79 Å². The second-order valence-corrected chi connectivity index (χ2v) is 3.04. The van der Waals surface area contributed by atoms with Crippen molar-refractivity contribution >= 4 is 17.9 Å². The summed E-state index contributed by atoms with van der Waals surface area (Å²) in [5.41, 5.74) is 0.185. The molecule has 0 N–H and O–H groups in total. The number of aromatic nitrogens is 2. The van der Waals surface area contributed by atoms with Crippen molar-refractivity contribution in [2.75, 3.05) is 0 Å². The van der Waals surface area contributed by atoms with Gasteiger partial charge in [-0.05, 0) is 6.92 Å². The third-order valence-corrected chi connectivity index (χ3v) is 1.95. The maximum absolute atomic E-state index is 12.0. The molecule has 0 unspecified atom stereocenters. The Balaban J connectivity index is 3.06. The third kappa shape index (κ3) is 2.25. The zero-order valence-corrected chi connectivity index (χ0v) is 7.85. The van der Waals surface area contributed by atoms with Crippen LogP contribution in [0.3, 0.4) is 0 Å². The van der Waals surface area contributed by atoms with Crippen LogP contribution in [-0.4, -0.2) is 22.2 Å². The lowest BCUT2D eigenvalue weighted by Crippen LogP contribution is -2.18. The predicted octanol–water partition coefficient (Wildman–Crippen LogP) is 2.22. The highest BCUT2D eigenvalue weighted by molar-refractivity contribution is 6.32. The second kappa shape index (κ2) is 3.61. The molecule has 0 aromatic carbocycles. The average Bonchev–Trinajstić information content (AvgIpc) is 2.24. The van der Waals surface area contributed by atoms with Gasteiger partial charge in [-0.1, -0.05) is 11.6 Å². The van der Waals surface area contributed by atoms with E-state index in [4.69, 9.17) is 11.6 Å². The Hall–Kier alpha value is -1.04. The summed E-state index contributed by atoms with van der Waals surface area (Å²) < 4.78 is 36.4. The van der Waals surface area contributed by atoms with E-state index in [9.17, 15) is 18.0 Å². The maximum Gasteiger partial charge on any atom is 0.408 e. The quantitative estimate of drug-likeness (QED) is 0.725. The van der Waals surface area contributed by atoms with Crippen LogP contribution in [0.25, 0.3) is 0 Å². The lowest BCUT2D eigenvalue weighted by Gasteiger charge is -2.06. The molecule has 1 aromatic rings. The van der Waals surface area contributed by atoms with Gasteiger partial charge in [-0.2, -0.15) is 18.3 Å². The fourth-order valence-electron chi connectivity index (χ4n) is 0.976. The van der Waals surface area contributed by atoms with E-state index in [1.165, 1.54) is 6.92 Å². The van der Waals surface area contributed by atoms with E-state index < -0.39 is 12.7 Å². The number of rotatable bonds is 2. The lowest BCUT2D eigenvalue weighted by molar-refractivity contribution is -0.142. The van der Waals surface area contributed by atoms with Crippen LogP contribution < -0.4 is 0 Å². The molecular weight excluding hydrogens is 221 g/mol. The summed E-state index contributed by atoms with van der Waals surface area (Å²) in [6, 6.07) is 0. The number of carbonyl (C=O) groups excluding carboxylic acids is 1. The van der Waals surface area contributed by atoms with Crippen LogP contribution in [0.15, 0.2) is 0 Å². The molecule has 0 aliphatic rings. The number of hydrogen-bond donors (Lipinski definition) is 0. The van der Waals surface area contributed by atoms with Crippen molar-refractivity contribution in [1.82, 2.24) is 9.78 Å². The molecule has 0 bridgehead atoms. The van der Waals surface area contributed by atoms with Gasteiger partial charge in [0, 0.05) is 0 Å². The minimum Gasteiger partial charge on any atom is -0.298 e. The standard InChI is InChI=1S/C7H6ClF3N2O/c1-4-5(2-14)6(8)13(12-4)3-7(9,10)11/h2H,3H2,1H3. The highest BCUT2D eigenvalue weighted by Crippen LogP contribution is 2.23. The molecule has 0 amide bonds. The summed E-state index contributed by atoms with van der Waals surface area (Å²) in [5, 5.41) is 3.22. The fraction of sp³-hybridized carbons (Fsp3) is 0.429. The number of carbonyl (C=O) groups is 1. The van der Waals surface area contributed by atoms with Crippen molar-refractivity contribution in [3.63, 3.8) is 0 Å². The SMILES string of the molecule is Cc1nn(CC(F)(F)F)c(Cl)c1C=O. The first-order chi connectivity index (χ1) is 6.35. The molecule has 0 aliphatic carbocycles. The van der Waals surface area contributed by atoms with Gasteiger partial charge in [0.15, 0.2) is 6.29 Å². The Labute approximate surface area is 82.5 Å². The average molecular weight is 227 g/mol. The van der Waals surface area contributed by atoms with E-state index in [1.807, 2.05) is 0 Å². The Morgan fingerprint density at radius 1 is 1.57 bits per heavy atom. The normalized spacial score (nSPS) is 11.8. The summed E-state index contributed by atoms with van der Waals surface area (Å²) in [5.74, 6) is 0. The zero-order valence-electron chi connectivity index (χ0n) is 7.10. The summed E-state index contributed by atoms with van der Waals surface area (Å²) in [7, 11) is 0. The van der Waals surface area contributed by atoms with Crippen LogP contribution in [0.1, 0.15) is 16.1 Å². The van der Waals surface area contributed by atoms with Gasteiger partial charge in [0.25, 0.3) is 0 Å². The van der Waals surface area contributed by atoms with Crippen LogP contribution >= 0.6 is 11.6 Å². The Kier molecular flexibility index (Phi) is 2.84. The van der Waals surface area contributed by atoms with E-state index in [0.29, 0.717) is 11.0 Å². The maximum atomic E-state index is 12.0. The molecule has 0 atom stereocenters. The van der Waals surface area contributed by atoms with E-state index in [1.54, 1.807) is 0 Å². The van der Waals surface area contributed by atoms with Gasteiger partial charge in [0.1, 0.15) is 11.7 Å². The molecule has 3 nitrogen and oxygen atoms in total. The van der Waals surface area contributed by atoms with Crippen molar-refractivity contribution in [2.45, 2.75) is 19.6 Å². The molecule has 1 heterocycles. The number of hydrogen-bond acceptors (Lipinski definition) is 2. The van der Waals surface area contributed by atoms with Gasteiger partial charge in [-0.15, -0.1) is 0 Å². The van der Waals surface area contributed by atoms with Gasteiger partial charge in [0.05, 0.1) is 11.3 Å². The van der Waals surface area contributed by atoms with Crippen molar-refractivity contribution in [3.05, 3.63) is 16.4 Å². The number of aryl methyl sites for hydroxylation is 1. The first-order valence-corrected chi connectivity index (χ1v) is 3.98. The van der Waals surface area contributed by atoms with E-state index in [2.05, 4.69) is 5.10 Å². The first kappa shape index (κ1) is 11.0. The zero-order chi connectivity index (χ0) is 10.9. The topological polar surface area (TPSA) is 34.9 Å². The Morgan fingerprint density at radius 2 is 2.14 bits per heavy atom. The molecule has 0 aliphatic heterocycles. The van der Waals surface area contributed by atoms with Crippen molar-refractivity contribution < 1.29 is 18.0 Å². The summed E-state index contributed by atoms with van der Waals surface area (Å²) >= 11 is 5.51. The second-order valence-electron chi connectivity index (χ2n) is 2.68. The largest absolute Gasteiger partial charge is 0.408 e. The first-order valence-electron chi connectivity index (χ1n) is 3.60. The van der Waals surface area contributed by atoms with E-state index >= 15 is 0 Å². The van der Waals surface area contributed by atoms with Crippen molar-refractivity contribution in [2.24, 2.45) is 0 Å². The third-order valence-electron chi connectivity index (χ3n) is 1.56. The van der Waals surface area contributed by atoms with Crippen LogP contribution in [0.5, 0.6) is 0 Å². The Morgan fingerprint density at radius 3 is 2.50 bits per heavy atom. The molecule has 78 valence electrons. The Bertz CT molecular complexity index is 359. The van der Waals surface area contributed by atoms with E-state index in [-0.39, 0.29) is 16.4 Å². The van der Waals surface area contributed by atoms with Crippen molar-refractivity contribution in [3.8, 4) is 0 Å². The van der Waals surface area contributed by atoms with Crippen LogP contribution in [0.4, 0.5) is 13.2 Å². The molecule has 0 radical (unpaired) electrons. The molecule has 0 spiro atoms. The number of alkyl halides is 3. The molecule has 7 heteroatoms. The summed E-state index contributed by atoms with van der Waals surface area (Å²) in [4.78, 5) is 10.4. The molecule has 1 aromatic heterocycles. The van der Waals surface area contributed by atoms with Gasteiger partial charge < -0.3 is 0 Å². The molecule has 0 fully saturated rings. The molecular formula is C7H6ClF3N2O. The molecule has 0 saturated carbocycles. The monoisotopic (exact) mass is 226 g/mol. The highest BCUT2D eigenvalue weighted by atomic mass is 35.5. The fourth-order valence-corrected chi connectivity index (χ4v) is 1.25. The summed E-state index contributed by atoms with van der Waals surface area (Å²) in [6.07, 6.45) is -4.01. The molecule has 1 rings (SSSR count). The van der Waals surface area contributed by atoms with Crippen molar-refractivity contribution in [1.29, 1.82) is 0 Å². The number of aldehydes is 1. The lowest BCUT2D eigenvalue weighted by atomic mass is 10.3. The number of halogens is 4. The minimum atomic E-state index is -4.40. The highest BCUT2D eigenvalue weighted by Gasteiger charge is 2.30. The van der Waals surface area contributed by atoms with Crippen LogP contribution in [-0.2, 0) is 6.54 Å². The van der Waals surface area contributed by atoms with Gasteiger partial charge in [-0.25, -0.2) is 4.68 Å². The predicted molar refractivity (Wildman–Crippen MR) is 43.4 cm³/mol. The van der Waals surface area contributed by atoms with E-state index in [0.717, 1.165) is 0 Å². The summed E-state index contributed by atoms with van der Waals surface area (Å²) in [6.45, 7) is 0.128. The molecule has 14 heavy (non-hydrogen) atoms. The smallest absolute Gasteiger partial charge is 0.298 e. The van der Waals surface area contributed by atoms with Crippen LogP contribution in [0, 0.1) is 6.92 Å². The minimum absolute atomic E-state index is 0.00378. The van der Waals surface area contributed by atoms with Gasteiger partial charge in [0.2, 0.25) is 0 Å². The molecule has 0 saturated heterocycles.